The molecule has 1 saturated carbocycles. The molecule has 1 aliphatic carbocycles. The van der Waals surface area contributed by atoms with Crippen LogP contribution in [0.25, 0.3) is 0 Å². The highest BCUT2D eigenvalue weighted by Crippen LogP contribution is 2.54. The maximum absolute atomic E-state index is 12.0. The minimum Gasteiger partial charge on any atom is -0.481 e. The zero-order valence-electron chi connectivity index (χ0n) is 13.9. The second kappa shape index (κ2) is 5.72. The van der Waals surface area contributed by atoms with Gasteiger partial charge in [0.15, 0.2) is 0 Å². The zero-order chi connectivity index (χ0) is 16.6. The number of carboxylic acid groups (broad SMARTS) is 1. The van der Waals surface area contributed by atoms with Crippen LogP contribution in [0.3, 0.4) is 0 Å². The normalized spacial score (nSPS) is 31.0. The Labute approximate surface area is 131 Å². The van der Waals surface area contributed by atoms with Crippen LogP contribution in [0, 0.1) is 10.8 Å². The van der Waals surface area contributed by atoms with Crippen LogP contribution in [0.2, 0.25) is 0 Å². The first-order chi connectivity index (χ1) is 10.1. The molecule has 2 unspecified atom stereocenters. The van der Waals surface area contributed by atoms with Crippen molar-refractivity contribution in [2.24, 2.45) is 10.8 Å². The fourth-order valence-corrected chi connectivity index (χ4v) is 3.70. The number of carboxylic acids is 1. The Kier molecular flexibility index (Phi) is 4.44. The number of nitrogens with one attached hydrogen (secondary N) is 1. The van der Waals surface area contributed by atoms with Gasteiger partial charge in [-0.3, -0.25) is 4.79 Å². The van der Waals surface area contributed by atoms with Crippen molar-refractivity contribution in [1.82, 2.24) is 5.32 Å². The van der Waals surface area contributed by atoms with Gasteiger partial charge in [0.25, 0.3) is 0 Å². The number of hydrogen-bond acceptors (Lipinski definition) is 4. The van der Waals surface area contributed by atoms with Crippen LogP contribution in [0.1, 0.15) is 53.4 Å². The molecule has 2 fully saturated rings. The van der Waals surface area contributed by atoms with Crippen LogP contribution >= 0.6 is 0 Å². The maximum Gasteiger partial charge on any atom is 0.407 e. The van der Waals surface area contributed by atoms with Gasteiger partial charge in [-0.25, -0.2) is 4.79 Å². The molecule has 0 bridgehead atoms. The SMILES string of the molecule is CC(C)(C)OC(=O)NC1CC2(CCOCC2)CC1(C)C(=O)O. The molecule has 2 atom stereocenters. The minimum absolute atomic E-state index is 0.0505. The van der Waals surface area contributed by atoms with Gasteiger partial charge in [-0.15, -0.1) is 0 Å². The lowest BCUT2D eigenvalue weighted by Gasteiger charge is -2.34. The van der Waals surface area contributed by atoms with Gasteiger partial charge in [-0.1, -0.05) is 0 Å². The molecule has 1 spiro atoms. The number of carbonyl (C=O) groups excluding carboxylic acids is 1. The smallest absolute Gasteiger partial charge is 0.407 e. The van der Waals surface area contributed by atoms with Crippen LogP contribution in [0.15, 0.2) is 0 Å². The lowest BCUT2D eigenvalue weighted by atomic mass is 9.75. The number of ether oxygens (including phenoxy) is 2. The molecule has 0 aromatic rings. The molecular formula is C16H27NO5. The number of alkyl carbamates (subject to hydrolysis) is 1. The Bertz CT molecular complexity index is 450. The van der Waals surface area contributed by atoms with E-state index in [0.29, 0.717) is 26.1 Å². The first-order valence-corrected chi connectivity index (χ1v) is 7.87. The zero-order valence-corrected chi connectivity index (χ0v) is 13.9. The van der Waals surface area contributed by atoms with Crippen LogP contribution in [0.4, 0.5) is 4.79 Å². The van der Waals surface area contributed by atoms with Crippen molar-refractivity contribution >= 4 is 12.1 Å². The van der Waals surface area contributed by atoms with Crippen molar-refractivity contribution in [1.29, 1.82) is 0 Å². The summed E-state index contributed by atoms with van der Waals surface area (Å²) in [7, 11) is 0. The fourth-order valence-electron chi connectivity index (χ4n) is 3.70. The standard InChI is InChI=1S/C16H27NO5/c1-14(2,3)22-13(20)17-11-9-16(5-7-21-8-6-16)10-15(11,4)12(18)19/h11H,5-10H2,1-4H3,(H,17,20)(H,18,19). The van der Waals surface area contributed by atoms with Crippen molar-refractivity contribution in [3.05, 3.63) is 0 Å². The van der Waals surface area contributed by atoms with Gasteiger partial charge in [0.05, 0.1) is 5.41 Å². The second-order valence-electron chi connectivity index (χ2n) is 7.91. The summed E-state index contributed by atoms with van der Waals surface area (Å²) in [5.74, 6) is -0.864. The highest BCUT2D eigenvalue weighted by Gasteiger charge is 2.57. The van der Waals surface area contributed by atoms with Gasteiger partial charge in [-0.2, -0.15) is 0 Å². The Morgan fingerprint density at radius 2 is 1.86 bits per heavy atom. The van der Waals surface area contributed by atoms with Crippen molar-refractivity contribution in [2.45, 2.75) is 65.0 Å². The lowest BCUT2D eigenvalue weighted by molar-refractivity contribution is -0.149. The monoisotopic (exact) mass is 313 g/mol. The van der Waals surface area contributed by atoms with E-state index in [2.05, 4.69) is 5.32 Å². The number of carbonyl (C=O) groups is 2. The fraction of sp³-hybridized carbons (Fsp3) is 0.875. The molecule has 2 N–H and O–H groups in total. The minimum atomic E-state index is -0.964. The highest BCUT2D eigenvalue weighted by molar-refractivity contribution is 5.78. The van der Waals surface area contributed by atoms with Gasteiger partial charge in [0.1, 0.15) is 5.60 Å². The van der Waals surface area contributed by atoms with E-state index in [-0.39, 0.29) is 5.41 Å². The largest absolute Gasteiger partial charge is 0.481 e. The summed E-state index contributed by atoms with van der Waals surface area (Å²) < 4.78 is 10.7. The summed E-state index contributed by atoms with van der Waals surface area (Å²) in [6.45, 7) is 8.41. The average molecular weight is 313 g/mol. The van der Waals surface area contributed by atoms with E-state index in [4.69, 9.17) is 9.47 Å². The van der Waals surface area contributed by atoms with Gasteiger partial charge in [0, 0.05) is 19.3 Å². The first-order valence-electron chi connectivity index (χ1n) is 7.87. The van der Waals surface area contributed by atoms with E-state index >= 15 is 0 Å². The van der Waals surface area contributed by atoms with E-state index < -0.39 is 29.1 Å². The van der Waals surface area contributed by atoms with Crippen molar-refractivity contribution in [3.63, 3.8) is 0 Å². The molecule has 1 saturated heterocycles. The van der Waals surface area contributed by atoms with Crippen LogP contribution in [-0.4, -0.2) is 42.0 Å². The number of hydrogen-bond donors (Lipinski definition) is 2. The first kappa shape index (κ1) is 17.1. The number of rotatable bonds is 2. The molecule has 2 aliphatic rings. The summed E-state index contributed by atoms with van der Waals surface area (Å²) in [6, 6.07) is -0.419. The Hall–Kier alpha value is -1.30. The summed E-state index contributed by atoms with van der Waals surface area (Å²) in [4.78, 5) is 23.8. The molecule has 1 heterocycles. The molecule has 0 radical (unpaired) electrons. The topological polar surface area (TPSA) is 84.9 Å². The molecule has 22 heavy (non-hydrogen) atoms. The summed E-state index contributed by atoms with van der Waals surface area (Å²) in [5, 5.41) is 12.5. The Morgan fingerprint density at radius 3 is 2.36 bits per heavy atom. The molecule has 1 amide bonds. The molecular weight excluding hydrogens is 286 g/mol. The van der Waals surface area contributed by atoms with E-state index in [0.717, 1.165) is 12.8 Å². The summed E-state index contributed by atoms with van der Waals surface area (Å²) in [5.41, 5.74) is -1.61. The van der Waals surface area contributed by atoms with E-state index in [1.807, 2.05) is 0 Å². The highest BCUT2D eigenvalue weighted by atomic mass is 16.6. The molecule has 6 heteroatoms. The predicted molar refractivity (Wildman–Crippen MR) is 80.6 cm³/mol. The van der Waals surface area contributed by atoms with E-state index in [9.17, 15) is 14.7 Å². The van der Waals surface area contributed by atoms with Gasteiger partial charge >= 0.3 is 12.1 Å². The molecule has 126 valence electrons. The third-order valence-corrected chi connectivity index (χ3v) is 4.88. The van der Waals surface area contributed by atoms with Gasteiger partial charge in [0.2, 0.25) is 0 Å². The van der Waals surface area contributed by atoms with E-state index in [1.54, 1.807) is 27.7 Å². The third kappa shape index (κ3) is 3.54. The summed E-state index contributed by atoms with van der Waals surface area (Å²) in [6.07, 6.45) is 2.39. The molecule has 0 aromatic carbocycles. The quantitative estimate of drug-likeness (QED) is 0.818. The van der Waals surface area contributed by atoms with Crippen molar-refractivity contribution in [2.75, 3.05) is 13.2 Å². The van der Waals surface area contributed by atoms with Crippen LogP contribution in [0.5, 0.6) is 0 Å². The second-order valence-corrected chi connectivity index (χ2v) is 7.91. The average Bonchev–Trinajstić information content (AvgIpc) is 2.61. The van der Waals surface area contributed by atoms with Crippen LogP contribution in [-0.2, 0) is 14.3 Å². The molecule has 1 aliphatic heterocycles. The Balaban J connectivity index is 2.13. The molecule has 6 nitrogen and oxygen atoms in total. The molecule has 0 aromatic heterocycles. The van der Waals surface area contributed by atoms with E-state index in [1.165, 1.54) is 0 Å². The third-order valence-electron chi connectivity index (χ3n) is 4.88. The summed E-state index contributed by atoms with van der Waals surface area (Å²) >= 11 is 0. The number of amides is 1. The lowest BCUT2D eigenvalue weighted by Crippen LogP contribution is -2.48. The van der Waals surface area contributed by atoms with Gasteiger partial charge < -0.3 is 19.9 Å². The van der Waals surface area contributed by atoms with Crippen LogP contribution < -0.4 is 5.32 Å². The van der Waals surface area contributed by atoms with Crippen molar-refractivity contribution in [3.8, 4) is 0 Å². The van der Waals surface area contributed by atoms with Crippen molar-refractivity contribution < 1.29 is 24.2 Å². The Morgan fingerprint density at radius 1 is 1.27 bits per heavy atom. The maximum atomic E-state index is 12.0. The predicted octanol–water partition coefficient (Wildman–Crippen LogP) is 2.56. The number of aliphatic carboxylic acids is 1. The molecule has 2 rings (SSSR count). The van der Waals surface area contributed by atoms with Gasteiger partial charge in [-0.05, 0) is 58.8 Å².